The van der Waals surface area contributed by atoms with Crippen LogP contribution in [0.4, 0.5) is 5.82 Å². The molecule has 1 unspecified atom stereocenters. The number of aromatic nitrogens is 2. The molecule has 1 aliphatic heterocycles. The molecule has 9 aromatic carbocycles. The van der Waals surface area contributed by atoms with Gasteiger partial charge in [0.25, 0.3) is 14.4 Å². The molecule has 86 heavy (non-hydrogen) atoms. The zero-order valence-corrected chi connectivity index (χ0v) is 49.9. The Labute approximate surface area is 503 Å². The second-order valence-electron chi connectivity index (χ2n) is 21.7. The molecule has 0 radical (unpaired) electrons. The summed E-state index contributed by atoms with van der Waals surface area (Å²) < 4.78 is 43.3. The average Bonchev–Trinajstić information content (AvgIpc) is 1.19. The number of nitrogens with zero attached hydrogens (tertiary/aromatic N) is 4. The number of carbonyl (C=O) groups is 1. The van der Waals surface area contributed by atoms with E-state index in [4.69, 9.17) is 28.0 Å². The van der Waals surface area contributed by atoms with Crippen molar-refractivity contribution in [3.63, 3.8) is 0 Å². The van der Waals surface area contributed by atoms with Crippen molar-refractivity contribution in [1.29, 1.82) is 5.26 Å². The number of hydrogen-bond acceptors (Lipinski definition) is 11. The van der Waals surface area contributed by atoms with Crippen molar-refractivity contribution >= 4 is 41.8 Å². The number of rotatable bonds is 22. The highest BCUT2D eigenvalue weighted by molar-refractivity contribution is 7.44. The van der Waals surface area contributed by atoms with Crippen molar-refractivity contribution in [3.8, 4) is 50.9 Å². The fourth-order valence-corrected chi connectivity index (χ4v) is 13.5. The zero-order chi connectivity index (χ0) is 59.7. The number of hydrogen-bond donors (Lipinski definition) is 1. The van der Waals surface area contributed by atoms with Crippen molar-refractivity contribution < 1.29 is 32.8 Å². The predicted octanol–water partition coefficient (Wildman–Crippen LogP) is 15.8. The van der Waals surface area contributed by atoms with Gasteiger partial charge in [0.05, 0.1) is 46.0 Å². The Morgan fingerprint density at radius 3 is 1.65 bits per heavy atom. The molecule has 1 fully saturated rings. The van der Waals surface area contributed by atoms with Crippen LogP contribution < -0.4 is 20.5 Å². The van der Waals surface area contributed by atoms with E-state index in [2.05, 4.69) is 134 Å². The molecule has 2 heterocycles. The van der Waals surface area contributed by atoms with Gasteiger partial charge in [0, 0.05) is 35.8 Å². The third kappa shape index (κ3) is 12.2. The lowest BCUT2D eigenvalue weighted by atomic mass is 9.80. The van der Waals surface area contributed by atoms with Crippen molar-refractivity contribution in [2.24, 2.45) is 0 Å². The molecule has 11 rings (SSSR count). The predicted molar refractivity (Wildman–Crippen MR) is 341 cm³/mol. The number of amides is 1. The van der Waals surface area contributed by atoms with Gasteiger partial charge in [0.15, 0.2) is 0 Å². The molecule has 4 atom stereocenters. The van der Waals surface area contributed by atoms with Crippen molar-refractivity contribution in [2.45, 2.75) is 76.7 Å². The first-order valence-electron chi connectivity index (χ1n) is 29.0. The maximum Gasteiger partial charge on any atom is 0.351 e. The number of benzene rings is 9. The third-order valence-corrected chi connectivity index (χ3v) is 17.9. The number of carbonyl (C=O) groups excluding carboxylic acids is 1. The fourth-order valence-electron chi connectivity index (χ4n) is 11.7. The molecular formula is C72H68N5O8P. The summed E-state index contributed by atoms with van der Waals surface area (Å²) in [5.41, 5.74) is 6.60. The van der Waals surface area contributed by atoms with Gasteiger partial charge in [-0.15, -0.1) is 0 Å². The number of ether oxygens (including phenoxy) is 4. The maximum absolute atomic E-state index is 14.9. The van der Waals surface area contributed by atoms with Gasteiger partial charge >= 0.3 is 5.69 Å². The molecule has 0 saturated carbocycles. The lowest BCUT2D eigenvalue weighted by Gasteiger charge is -2.39. The van der Waals surface area contributed by atoms with Crippen LogP contribution in [0, 0.1) is 11.3 Å². The molecule has 1 saturated heterocycles. The van der Waals surface area contributed by atoms with Crippen LogP contribution in [0.1, 0.15) is 73.8 Å². The van der Waals surface area contributed by atoms with Gasteiger partial charge in [-0.25, -0.2) is 9.46 Å². The third-order valence-electron chi connectivity index (χ3n) is 15.7. The molecule has 1 aliphatic rings. The highest BCUT2D eigenvalue weighted by Crippen LogP contribution is 2.51. The van der Waals surface area contributed by atoms with Crippen LogP contribution in [0.15, 0.2) is 223 Å². The van der Waals surface area contributed by atoms with Crippen LogP contribution in [0.5, 0.6) is 11.5 Å². The molecule has 13 nitrogen and oxygen atoms in total. The molecule has 14 heteroatoms. The molecule has 0 spiro atoms. The van der Waals surface area contributed by atoms with E-state index in [0.717, 1.165) is 54.9 Å². The standard InChI is InChI=1S/C72H68N5O8P/c1-48(2)77(49(3)4)86(83-44-20-43-73)85-64-45-66(84-65(64)47-82-72(54-25-14-9-15-26-54,55-35-39-57(80-5)40-36-55)56-37-41-58(81-6)42-38-56)76-46-63(69(75-71(76)79)74-70(78)53-23-12-8-13-24-53)50-31-33-52(34-32-50)68-61-29-18-16-27-59(61)67(51-21-10-7-11-22-51)60-28-17-19-30-62(60)68/h7-19,21-42,46,48-49,64-66H,20,44-45,47H2,1-6H3,(H,74,75,78,79)/t64-,65+,66+,86?/m0/s1. The first-order chi connectivity index (χ1) is 42.0. The Morgan fingerprint density at radius 1 is 0.663 bits per heavy atom. The SMILES string of the molecule is COc1ccc(C(OC[C@H]2O[C@@H](n3cc(-c4ccc(-c5c6ccccc6c(-c6ccccc6)c6ccccc56)cc4)c(NC(=O)c4ccccc4)nc3=O)C[C@@H]2OP(OCCC#N)N(C(C)C)C(C)C)(c2ccccc2)c2ccc(OC)cc2)cc1. The minimum Gasteiger partial charge on any atom is -0.497 e. The van der Waals surface area contributed by atoms with Crippen molar-refractivity contribution in [1.82, 2.24) is 14.2 Å². The zero-order valence-electron chi connectivity index (χ0n) is 49.0. The molecule has 1 aromatic heterocycles. The number of methoxy groups -OCH3 is 2. The molecule has 0 bridgehead atoms. The van der Waals surface area contributed by atoms with Gasteiger partial charge in [0.2, 0.25) is 0 Å². The van der Waals surface area contributed by atoms with Gasteiger partial charge in [0.1, 0.15) is 35.2 Å². The lowest BCUT2D eigenvalue weighted by Crippen LogP contribution is -2.39. The minimum absolute atomic E-state index is 0.00242. The number of nitrogens with one attached hydrogen (secondary N) is 1. The van der Waals surface area contributed by atoms with Crippen LogP contribution in [-0.2, 0) is 24.1 Å². The molecule has 434 valence electrons. The van der Waals surface area contributed by atoms with E-state index in [1.54, 1.807) is 44.7 Å². The minimum atomic E-state index is -1.80. The summed E-state index contributed by atoms with van der Waals surface area (Å²) in [7, 11) is 1.47. The first-order valence-corrected chi connectivity index (χ1v) is 30.1. The van der Waals surface area contributed by atoms with E-state index in [1.807, 2.05) is 103 Å². The smallest absolute Gasteiger partial charge is 0.351 e. The largest absolute Gasteiger partial charge is 0.497 e. The van der Waals surface area contributed by atoms with Crippen molar-refractivity contribution in [3.05, 3.63) is 251 Å². The van der Waals surface area contributed by atoms with Gasteiger partial charge in [-0.3, -0.25) is 9.36 Å². The van der Waals surface area contributed by atoms with Crippen LogP contribution >= 0.6 is 8.53 Å². The van der Waals surface area contributed by atoms with E-state index in [0.29, 0.717) is 28.2 Å². The summed E-state index contributed by atoms with van der Waals surface area (Å²) in [4.78, 5) is 33.6. The Balaban J connectivity index is 1.02. The summed E-state index contributed by atoms with van der Waals surface area (Å²) in [6, 6.07) is 72.4. The normalized spacial score (nSPS) is 15.5. The average molecular weight is 1160 g/mol. The quantitative estimate of drug-likeness (QED) is 0.0299. The van der Waals surface area contributed by atoms with Crippen LogP contribution in [0.3, 0.4) is 0 Å². The summed E-state index contributed by atoms with van der Waals surface area (Å²) in [6.45, 7) is 8.46. The van der Waals surface area contributed by atoms with E-state index in [-0.39, 0.29) is 44.0 Å². The molecule has 0 aliphatic carbocycles. The van der Waals surface area contributed by atoms with E-state index >= 15 is 0 Å². The second-order valence-corrected chi connectivity index (χ2v) is 23.1. The summed E-state index contributed by atoms with van der Waals surface area (Å²) in [5, 5.41) is 17.1. The summed E-state index contributed by atoms with van der Waals surface area (Å²) in [5.74, 6) is 1.03. The molecule has 10 aromatic rings. The van der Waals surface area contributed by atoms with Crippen LogP contribution in [0.25, 0.3) is 54.9 Å². The van der Waals surface area contributed by atoms with E-state index in [1.165, 1.54) is 10.1 Å². The number of nitriles is 1. The molecule has 1 amide bonds. The van der Waals surface area contributed by atoms with Crippen LogP contribution in [-0.4, -0.2) is 71.9 Å². The fraction of sp³-hybridized carbons (Fsp3) is 0.222. The topological polar surface area (TPSA) is 146 Å². The van der Waals surface area contributed by atoms with Gasteiger partial charge in [-0.2, -0.15) is 10.2 Å². The Hall–Kier alpha value is -8.83. The first kappa shape index (κ1) is 58.9. The Bertz CT molecular complexity index is 3940. The van der Waals surface area contributed by atoms with Gasteiger partial charge < -0.3 is 33.3 Å². The summed E-state index contributed by atoms with van der Waals surface area (Å²) >= 11 is 0. The maximum atomic E-state index is 14.9. The Kier molecular flexibility index (Phi) is 18.2. The van der Waals surface area contributed by atoms with Gasteiger partial charge in [-0.1, -0.05) is 176 Å². The Morgan fingerprint density at radius 2 is 1.14 bits per heavy atom. The summed E-state index contributed by atoms with van der Waals surface area (Å²) in [6.07, 6.45) is -0.413. The highest BCUT2D eigenvalue weighted by Gasteiger charge is 2.45. The van der Waals surface area contributed by atoms with Crippen molar-refractivity contribution in [2.75, 3.05) is 32.8 Å². The lowest BCUT2D eigenvalue weighted by molar-refractivity contribution is -0.0925. The molecular weight excluding hydrogens is 1090 g/mol. The van der Waals surface area contributed by atoms with E-state index in [9.17, 15) is 14.9 Å². The van der Waals surface area contributed by atoms with Gasteiger partial charge in [-0.05, 0) is 130 Å². The monoisotopic (exact) mass is 1160 g/mol. The number of fused-ring (bicyclic) bond motifs is 2. The molecule has 1 N–H and O–H groups in total. The highest BCUT2D eigenvalue weighted by atomic mass is 31.2. The van der Waals surface area contributed by atoms with E-state index < -0.39 is 44.2 Å². The number of anilines is 1. The van der Waals surface area contributed by atoms with Crippen LogP contribution in [0.2, 0.25) is 0 Å². The second kappa shape index (κ2) is 26.6.